The summed E-state index contributed by atoms with van der Waals surface area (Å²) in [6.45, 7) is 3.54. The molecule has 5 nitrogen and oxygen atoms in total. The Labute approximate surface area is 124 Å². The van der Waals surface area contributed by atoms with Crippen LogP contribution in [0, 0.1) is 0 Å². The smallest absolute Gasteiger partial charge is 0.321 e. The second-order valence-electron chi connectivity index (χ2n) is 5.08. The van der Waals surface area contributed by atoms with Gasteiger partial charge in [-0.3, -0.25) is 9.88 Å². The highest BCUT2D eigenvalue weighted by atomic mass is 16.2. The molecule has 0 bridgehead atoms. The molecule has 1 aliphatic rings. The van der Waals surface area contributed by atoms with Crippen molar-refractivity contribution in [3.63, 3.8) is 0 Å². The van der Waals surface area contributed by atoms with Gasteiger partial charge in [0.15, 0.2) is 0 Å². The van der Waals surface area contributed by atoms with Crippen molar-refractivity contribution in [2.24, 2.45) is 0 Å². The second-order valence-corrected chi connectivity index (χ2v) is 5.08. The summed E-state index contributed by atoms with van der Waals surface area (Å²) < 4.78 is 0. The van der Waals surface area contributed by atoms with Crippen molar-refractivity contribution < 1.29 is 4.79 Å². The number of amides is 2. The minimum Gasteiger partial charge on any atom is -0.379 e. The normalized spacial score (nSPS) is 15.7. The van der Waals surface area contributed by atoms with Gasteiger partial charge in [-0.15, -0.1) is 0 Å². The SMILES string of the molecule is CC(Nc1ccc(N2CCNC2=O)cc1)c1ccncc1. The highest BCUT2D eigenvalue weighted by Gasteiger charge is 2.20. The molecule has 1 aromatic heterocycles. The lowest BCUT2D eigenvalue weighted by Crippen LogP contribution is -2.27. The Morgan fingerprint density at radius 3 is 2.52 bits per heavy atom. The van der Waals surface area contributed by atoms with Gasteiger partial charge >= 0.3 is 6.03 Å². The monoisotopic (exact) mass is 282 g/mol. The van der Waals surface area contributed by atoms with Gasteiger partial charge < -0.3 is 10.6 Å². The molecule has 0 saturated carbocycles. The van der Waals surface area contributed by atoms with E-state index in [1.165, 1.54) is 5.56 Å². The summed E-state index contributed by atoms with van der Waals surface area (Å²) in [7, 11) is 0. The van der Waals surface area contributed by atoms with Crippen LogP contribution in [0.25, 0.3) is 0 Å². The molecule has 1 aliphatic heterocycles. The molecule has 3 rings (SSSR count). The van der Waals surface area contributed by atoms with Crippen LogP contribution in [0.5, 0.6) is 0 Å². The molecule has 5 heteroatoms. The maximum absolute atomic E-state index is 11.6. The van der Waals surface area contributed by atoms with Crippen molar-refractivity contribution in [2.45, 2.75) is 13.0 Å². The Morgan fingerprint density at radius 2 is 1.90 bits per heavy atom. The van der Waals surface area contributed by atoms with Gasteiger partial charge in [0, 0.05) is 42.9 Å². The number of urea groups is 1. The number of nitrogens with one attached hydrogen (secondary N) is 2. The molecule has 1 unspecified atom stereocenters. The zero-order valence-electron chi connectivity index (χ0n) is 11.9. The minimum atomic E-state index is -0.0270. The van der Waals surface area contributed by atoms with Gasteiger partial charge in [-0.25, -0.2) is 4.79 Å². The molecule has 2 N–H and O–H groups in total. The molecule has 1 saturated heterocycles. The van der Waals surface area contributed by atoms with Crippen LogP contribution in [-0.4, -0.2) is 24.1 Å². The number of pyridine rings is 1. The highest BCUT2D eigenvalue weighted by molar-refractivity contribution is 5.94. The van der Waals surface area contributed by atoms with Crippen LogP contribution in [0.2, 0.25) is 0 Å². The molecule has 2 aromatic rings. The van der Waals surface area contributed by atoms with E-state index in [1.807, 2.05) is 36.4 Å². The molecule has 0 aliphatic carbocycles. The van der Waals surface area contributed by atoms with Gasteiger partial charge in [0.2, 0.25) is 0 Å². The third-order valence-electron chi connectivity index (χ3n) is 3.63. The summed E-state index contributed by atoms with van der Waals surface area (Å²) >= 11 is 0. The third-order valence-corrected chi connectivity index (χ3v) is 3.63. The van der Waals surface area contributed by atoms with E-state index in [-0.39, 0.29) is 12.1 Å². The molecule has 2 heterocycles. The van der Waals surface area contributed by atoms with E-state index in [9.17, 15) is 4.79 Å². The van der Waals surface area contributed by atoms with Crippen LogP contribution in [0.1, 0.15) is 18.5 Å². The van der Waals surface area contributed by atoms with Crippen LogP contribution in [-0.2, 0) is 0 Å². The lowest BCUT2D eigenvalue weighted by Gasteiger charge is -2.18. The number of benzene rings is 1. The standard InChI is InChI=1S/C16H18N4O/c1-12(13-6-8-17-9-7-13)19-14-2-4-15(5-3-14)20-11-10-18-16(20)21/h2-9,12,19H,10-11H2,1H3,(H,18,21). The van der Waals surface area contributed by atoms with E-state index in [1.54, 1.807) is 17.3 Å². The summed E-state index contributed by atoms with van der Waals surface area (Å²) in [5.41, 5.74) is 3.14. The predicted molar refractivity (Wildman–Crippen MR) is 83.5 cm³/mol. The molecular weight excluding hydrogens is 264 g/mol. The van der Waals surface area contributed by atoms with E-state index in [0.717, 1.165) is 17.9 Å². The number of nitrogens with zero attached hydrogens (tertiary/aromatic N) is 2. The summed E-state index contributed by atoms with van der Waals surface area (Å²) in [4.78, 5) is 17.4. The van der Waals surface area contributed by atoms with Gasteiger partial charge in [-0.05, 0) is 48.9 Å². The van der Waals surface area contributed by atoms with Crippen molar-refractivity contribution >= 4 is 17.4 Å². The van der Waals surface area contributed by atoms with Crippen molar-refractivity contribution in [3.05, 3.63) is 54.4 Å². The zero-order valence-corrected chi connectivity index (χ0v) is 11.9. The quantitative estimate of drug-likeness (QED) is 0.906. The predicted octanol–water partition coefficient (Wildman–Crippen LogP) is 2.78. The second kappa shape index (κ2) is 5.83. The molecule has 1 aromatic carbocycles. The Balaban J connectivity index is 1.68. The lowest BCUT2D eigenvalue weighted by atomic mass is 10.1. The maximum Gasteiger partial charge on any atom is 0.321 e. The lowest BCUT2D eigenvalue weighted by molar-refractivity contribution is 0.252. The first-order valence-electron chi connectivity index (χ1n) is 7.06. The van der Waals surface area contributed by atoms with Gasteiger partial charge in [0.1, 0.15) is 0 Å². The fourth-order valence-electron chi connectivity index (χ4n) is 2.44. The fourth-order valence-corrected chi connectivity index (χ4v) is 2.44. The molecule has 0 radical (unpaired) electrons. The largest absolute Gasteiger partial charge is 0.379 e. The number of hydrogen-bond acceptors (Lipinski definition) is 3. The number of anilines is 2. The Hall–Kier alpha value is -2.56. The summed E-state index contributed by atoms with van der Waals surface area (Å²) in [5.74, 6) is 0. The maximum atomic E-state index is 11.6. The first-order valence-corrected chi connectivity index (χ1v) is 7.06. The molecular formula is C16H18N4O. The van der Waals surface area contributed by atoms with Gasteiger partial charge in [0.25, 0.3) is 0 Å². The minimum absolute atomic E-state index is 0.0270. The summed E-state index contributed by atoms with van der Waals surface area (Å²) in [6.07, 6.45) is 3.59. The van der Waals surface area contributed by atoms with Crippen LogP contribution in [0.15, 0.2) is 48.8 Å². The van der Waals surface area contributed by atoms with Gasteiger partial charge in [-0.1, -0.05) is 0 Å². The Kier molecular flexibility index (Phi) is 3.73. The van der Waals surface area contributed by atoms with E-state index in [0.29, 0.717) is 6.54 Å². The number of hydrogen-bond donors (Lipinski definition) is 2. The van der Waals surface area contributed by atoms with E-state index in [4.69, 9.17) is 0 Å². The zero-order chi connectivity index (χ0) is 14.7. The Bertz CT molecular complexity index is 612. The first-order chi connectivity index (χ1) is 10.2. The molecule has 0 spiro atoms. The number of aromatic nitrogens is 1. The van der Waals surface area contributed by atoms with Crippen LogP contribution in [0.4, 0.5) is 16.2 Å². The van der Waals surface area contributed by atoms with Crippen LogP contribution in [0.3, 0.4) is 0 Å². The fraction of sp³-hybridized carbons (Fsp3) is 0.250. The molecule has 108 valence electrons. The topological polar surface area (TPSA) is 57.3 Å². The van der Waals surface area contributed by atoms with E-state index < -0.39 is 0 Å². The Morgan fingerprint density at radius 1 is 1.19 bits per heavy atom. The van der Waals surface area contributed by atoms with Gasteiger partial charge in [0.05, 0.1) is 0 Å². The number of carbonyl (C=O) groups excluding carboxylic acids is 1. The van der Waals surface area contributed by atoms with Crippen molar-refractivity contribution in [1.29, 1.82) is 0 Å². The number of rotatable bonds is 4. The van der Waals surface area contributed by atoms with Crippen molar-refractivity contribution in [2.75, 3.05) is 23.3 Å². The van der Waals surface area contributed by atoms with E-state index >= 15 is 0 Å². The van der Waals surface area contributed by atoms with Crippen molar-refractivity contribution in [3.8, 4) is 0 Å². The summed E-state index contributed by atoms with van der Waals surface area (Å²) in [5, 5.41) is 6.24. The molecule has 1 atom stereocenters. The molecule has 1 fully saturated rings. The first kappa shape index (κ1) is 13.4. The van der Waals surface area contributed by atoms with Gasteiger partial charge in [-0.2, -0.15) is 0 Å². The average molecular weight is 282 g/mol. The summed E-state index contributed by atoms with van der Waals surface area (Å²) in [6, 6.07) is 12.1. The molecule has 21 heavy (non-hydrogen) atoms. The van der Waals surface area contributed by atoms with Crippen molar-refractivity contribution in [1.82, 2.24) is 10.3 Å². The highest BCUT2D eigenvalue weighted by Crippen LogP contribution is 2.22. The third kappa shape index (κ3) is 2.97. The number of carbonyl (C=O) groups is 1. The average Bonchev–Trinajstić information content (AvgIpc) is 2.95. The van der Waals surface area contributed by atoms with Crippen LogP contribution >= 0.6 is 0 Å². The molecule has 2 amide bonds. The van der Waals surface area contributed by atoms with E-state index in [2.05, 4.69) is 22.5 Å². The van der Waals surface area contributed by atoms with Crippen LogP contribution < -0.4 is 15.5 Å².